The Morgan fingerprint density at radius 3 is 2.33 bits per heavy atom. The lowest BCUT2D eigenvalue weighted by Gasteiger charge is -2.30. The summed E-state index contributed by atoms with van der Waals surface area (Å²) in [4.78, 5) is 35.9. The second kappa shape index (κ2) is 11.0. The number of hydrogen-bond acceptors (Lipinski definition) is 7. The average Bonchev–Trinajstić information content (AvgIpc) is 3.40. The highest BCUT2D eigenvalue weighted by Crippen LogP contribution is 2.62. The van der Waals surface area contributed by atoms with E-state index in [4.69, 9.17) is 13.9 Å². The number of anilines is 1. The molecule has 3 heterocycles. The van der Waals surface area contributed by atoms with Crippen LogP contribution in [0.5, 0.6) is 17.2 Å². The van der Waals surface area contributed by atoms with Crippen LogP contribution in [0, 0.1) is 6.92 Å². The fourth-order valence-corrected chi connectivity index (χ4v) is 8.03. The average molecular weight is 561 g/mol. The zero-order chi connectivity index (χ0) is 28.5. The summed E-state index contributed by atoms with van der Waals surface area (Å²) in [5.41, 5.74) is 1.72. The highest BCUT2D eigenvalue weighted by molar-refractivity contribution is 6.86. The Labute approximate surface area is 236 Å². The third kappa shape index (κ3) is 6.34. The molecule has 2 fully saturated rings. The Bertz CT molecular complexity index is 1390. The summed E-state index contributed by atoms with van der Waals surface area (Å²) < 4.78 is 18.6. The molecule has 1 aromatic heterocycles. The molecule has 3 aromatic rings. The topological polar surface area (TPSA) is 103 Å². The van der Waals surface area contributed by atoms with Gasteiger partial charge in [0.2, 0.25) is 0 Å². The van der Waals surface area contributed by atoms with E-state index in [1.165, 1.54) is 6.20 Å². The molecule has 10 heteroatoms. The van der Waals surface area contributed by atoms with Crippen molar-refractivity contribution in [1.29, 1.82) is 0 Å². The van der Waals surface area contributed by atoms with E-state index in [-0.39, 0.29) is 17.9 Å². The van der Waals surface area contributed by atoms with Gasteiger partial charge >= 0.3 is 0 Å². The minimum absolute atomic E-state index is 0.0223. The summed E-state index contributed by atoms with van der Waals surface area (Å²) in [6, 6.07) is 13.2. The lowest BCUT2D eigenvalue weighted by molar-refractivity contribution is 0.0651. The van der Waals surface area contributed by atoms with Crippen LogP contribution in [0.15, 0.2) is 54.9 Å². The van der Waals surface area contributed by atoms with Gasteiger partial charge in [0, 0.05) is 30.3 Å². The largest absolute Gasteiger partial charge is 0.488 e. The number of aryl methyl sites for hydroxylation is 1. The van der Waals surface area contributed by atoms with Crippen molar-refractivity contribution in [2.45, 2.75) is 57.8 Å². The van der Waals surface area contributed by atoms with Crippen LogP contribution in [0.4, 0.5) is 5.82 Å². The van der Waals surface area contributed by atoms with E-state index >= 15 is 0 Å². The molecule has 210 valence electrons. The second-order valence-electron chi connectivity index (χ2n) is 11.5. The normalized spacial score (nSPS) is 19.8. The predicted octanol–water partition coefficient (Wildman–Crippen LogP) is 5.83. The van der Waals surface area contributed by atoms with Gasteiger partial charge in [-0.3, -0.25) is 14.6 Å². The minimum Gasteiger partial charge on any atom is -0.488 e. The summed E-state index contributed by atoms with van der Waals surface area (Å²) >= 11 is 0. The molecule has 0 bridgehead atoms. The van der Waals surface area contributed by atoms with Crippen molar-refractivity contribution < 1.29 is 23.5 Å². The SMILES string of the molecule is Cc1cnc(NC(=O)c2cc(Oc3ccc(C(=O)N4CCC4)cc3)cc(O[C@@H](C)CO[Si]3(C)CC3(C)C)c2)cn1. The van der Waals surface area contributed by atoms with Crippen molar-refractivity contribution >= 4 is 25.9 Å². The van der Waals surface area contributed by atoms with Crippen LogP contribution < -0.4 is 14.8 Å². The van der Waals surface area contributed by atoms with E-state index in [2.05, 4.69) is 35.7 Å². The molecule has 0 aliphatic carbocycles. The summed E-state index contributed by atoms with van der Waals surface area (Å²) in [5.74, 6) is 1.46. The molecule has 40 heavy (non-hydrogen) atoms. The van der Waals surface area contributed by atoms with Gasteiger partial charge in [-0.15, -0.1) is 0 Å². The number of rotatable bonds is 10. The number of carbonyl (C=O) groups is 2. The van der Waals surface area contributed by atoms with Crippen molar-refractivity contribution in [3.05, 3.63) is 71.7 Å². The molecular formula is C30H36N4O5Si. The second-order valence-corrected chi connectivity index (χ2v) is 16.0. The Hall–Kier alpha value is -3.76. The van der Waals surface area contributed by atoms with E-state index < -0.39 is 8.32 Å². The highest BCUT2D eigenvalue weighted by Gasteiger charge is 2.62. The van der Waals surface area contributed by atoms with Crippen LogP contribution >= 0.6 is 0 Å². The van der Waals surface area contributed by atoms with Gasteiger partial charge in [-0.2, -0.15) is 0 Å². The maximum atomic E-state index is 13.1. The molecule has 0 saturated carbocycles. The standard InChI is InChI=1S/C30H36N4O5Si/c1-20-16-32-27(17-31-20)33-28(35)23-13-25(38-21(2)18-37-40(5)19-30(40,3)4)15-26(14-23)39-24-9-7-22(8-10-24)29(36)34-11-6-12-34/h7-10,13-17,21H,6,11-12,18-19H2,1-5H3,(H,32,33,35)/t21-,40?/m0/s1. The summed E-state index contributed by atoms with van der Waals surface area (Å²) in [5, 5.41) is 3.07. The zero-order valence-corrected chi connectivity index (χ0v) is 24.7. The van der Waals surface area contributed by atoms with Crippen LogP contribution in [0.1, 0.15) is 53.6 Å². The molecule has 1 unspecified atom stereocenters. The van der Waals surface area contributed by atoms with E-state index in [9.17, 15) is 9.59 Å². The number of hydrogen-bond donors (Lipinski definition) is 1. The quantitative estimate of drug-likeness (QED) is 0.311. The number of aromatic nitrogens is 2. The Kier molecular flexibility index (Phi) is 7.65. The molecule has 1 N–H and O–H groups in total. The monoisotopic (exact) mass is 560 g/mol. The first-order chi connectivity index (χ1) is 19.0. The van der Waals surface area contributed by atoms with Crippen LogP contribution in [0.2, 0.25) is 17.6 Å². The molecule has 2 atom stereocenters. The van der Waals surface area contributed by atoms with Gasteiger partial charge < -0.3 is 24.1 Å². The van der Waals surface area contributed by atoms with E-state index in [0.717, 1.165) is 31.2 Å². The Morgan fingerprint density at radius 1 is 1.02 bits per heavy atom. The van der Waals surface area contributed by atoms with Crippen LogP contribution in [-0.2, 0) is 4.43 Å². The van der Waals surface area contributed by atoms with Crippen LogP contribution in [0.25, 0.3) is 0 Å². The van der Waals surface area contributed by atoms with Gasteiger partial charge in [0.25, 0.3) is 11.8 Å². The molecule has 0 spiro atoms. The molecule has 2 amide bonds. The van der Waals surface area contributed by atoms with Crippen molar-refractivity contribution in [1.82, 2.24) is 14.9 Å². The highest BCUT2D eigenvalue weighted by atomic mass is 28.4. The van der Waals surface area contributed by atoms with Gasteiger partial charge in [0.15, 0.2) is 14.1 Å². The minimum atomic E-state index is -1.68. The van der Waals surface area contributed by atoms with Crippen LogP contribution in [0.3, 0.4) is 0 Å². The number of ether oxygens (including phenoxy) is 2. The third-order valence-electron chi connectivity index (χ3n) is 7.70. The third-order valence-corrected chi connectivity index (χ3v) is 12.7. The number of nitrogens with zero attached hydrogens (tertiary/aromatic N) is 3. The Morgan fingerprint density at radius 2 is 1.73 bits per heavy atom. The number of amides is 2. The van der Waals surface area contributed by atoms with E-state index in [1.54, 1.807) is 48.7 Å². The number of benzene rings is 2. The molecule has 2 aliphatic rings. The molecule has 5 rings (SSSR count). The van der Waals surface area contributed by atoms with Gasteiger partial charge in [-0.25, -0.2) is 4.98 Å². The first-order valence-corrected chi connectivity index (χ1v) is 16.3. The summed E-state index contributed by atoms with van der Waals surface area (Å²) in [7, 11) is -1.68. The predicted molar refractivity (Wildman–Crippen MR) is 155 cm³/mol. The fourth-order valence-electron chi connectivity index (χ4n) is 4.59. The first kappa shape index (κ1) is 27.8. The molecule has 2 aliphatic heterocycles. The molecule has 0 radical (unpaired) electrons. The summed E-state index contributed by atoms with van der Waals surface area (Å²) in [6.45, 7) is 12.6. The smallest absolute Gasteiger partial charge is 0.257 e. The van der Waals surface area contributed by atoms with Gasteiger partial charge in [0.05, 0.1) is 24.7 Å². The maximum absolute atomic E-state index is 13.1. The van der Waals surface area contributed by atoms with Gasteiger partial charge in [-0.05, 0) is 74.3 Å². The molecular weight excluding hydrogens is 524 g/mol. The van der Waals surface area contributed by atoms with E-state index in [0.29, 0.717) is 45.8 Å². The zero-order valence-electron chi connectivity index (χ0n) is 23.7. The summed E-state index contributed by atoms with van der Waals surface area (Å²) in [6.07, 6.45) is 3.92. The number of likely N-dealkylation sites (tertiary alicyclic amines) is 1. The first-order valence-electron chi connectivity index (χ1n) is 13.6. The Balaban J connectivity index is 1.32. The van der Waals surface area contributed by atoms with Crippen molar-refractivity contribution in [2.75, 3.05) is 25.0 Å². The lowest BCUT2D eigenvalue weighted by Crippen LogP contribution is -2.41. The number of carbonyl (C=O) groups excluding carboxylic acids is 2. The molecule has 9 nitrogen and oxygen atoms in total. The van der Waals surface area contributed by atoms with Crippen molar-refractivity contribution in [3.8, 4) is 17.2 Å². The van der Waals surface area contributed by atoms with Gasteiger partial charge in [-0.1, -0.05) is 13.8 Å². The molecule has 2 aromatic carbocycles. The van der Waals surface area contributed by atoms with Gasteiger partial charge in [0.1, 0.15) is 23.4 Å². The lowest BCUT2D eigenvalue weighted by atomic mass is 10.1. The van der Waals surface area contributed by atoms with Crippen molar-refractivity contribution in [3.63, 3.8) is 0 Å². The molecule has 2 saturated heterocycles. The maximum Gasteiger partial charge on any atom is 0.257 e. The number of nitrogens with one attached hydrogen (secondary N) is 1. The van der Waals surface area contributed by atoms with Crippen molar-refractivity contribution in [2.24, 2.45) is 0 Å². The van der Waals surface area contributed by atoms with Crippen LogP contribution in [-0.4, -0.2) is 60.8 Å². The fraction of sp³-hybridized carbons (Fsp3) is 0.400. The van der Waals surface area contributed by atoms with E-state index in [1.807, 2.05) is 18.7 Å².